The number of hydrogen-bond donors (Lipinski definition) is 1. The largest absolute Gasteiger partial charge is 0.352 e. The van der Waals surface area contributed by atoms with Gasteiger partial charge in [0, 0.05) is 17.6 Å². The zero-order valence-electron chi connectivity index (χ0n) is 17.0. The van der Waals surface area contributed by atoms with Gasteiger partial charge in [-0.15, -0.1) is 0 Å². The van der Waals surface area contributed by atoms with Crippen LogP contribution in [-0.4, -0.2) is 28.8 Å². The molecular weight excluding hydrogens is 372 g/mol. The molecule has 0 bridgehead atoms. The number of halogens is 1. The third kappa shape index (κ3) is 6.38. The van der Waals surface area contributed by atoms with Crippen LogP contribution in [0.2, 0.25) is 5.02 Å². The Balaban J connectivity index is 2.28. The number of amides is 2. The molecule has 0 aliphatic heterocycles. The van der Waals surface area contributed by atoms with Crippen molar-refractivity contribution in [2.45, 2.75) is 59.2 Å². The van der Waals surface area contributed by atoms with Crippen LogP contribution in [-0.2, 0) is 22.6 Å². The second-order valence-electron chi connectivity index (χ2n) is 7.40. The maximum atomic E-state index is 13.2. The van der Waals surface area contributed by atoms with Gasteiger partial charge in [0.2, 0.25) is 11.8 Å². The molecule has 0 saturated carbocycles. The van der Waals surface area contributed by atoms with Gasteiger partial charge in [-0.25, -0.2) is 0 Å². The minimum atomic E-state index is -0.511. The standard InChI is InChI=1S/C23H29ClN2O2/c1-5-21(23(28)25-16(2)3)26(15-19-8-6-7-17(4)13-19)22(27)14-18-9-11-20(24)12-10-18/h6-13,16,21H,5,14-15H2,1-4H3,(H,25,28)/t21-/m1/s1. The Morgan fingerprint density at radius 3 is 2.32 bits per heavy atom. The van der Waals surface area contributed by atoms with E-state index in [4.69, 9.17) is 11.6 Å². The highest BCUT2D eigenvalue weighted by atomic mass is 35.5. The van der Waals surface area contributed by atoms with E-state index < -0.39 is 6.04 Å². The van der Waals surface area contributed by atoms with Gasteiger partial charge in [-0.1, -0.05) is 60.5 Å². The smallest absolute Gasteiger partial charge is 0.243 e. The van der Waals surface area contributed by atoms with Gasteiger partial charge in [0.1, 0.15) is 6.04 Å². The van der Waals surface area contributed by atoms with Gasteiger partial charge in [-0.05, 0) is 50.5 Å². The summed E-state index contributed by atoms with van der Waals surface area (Å²) in [5.74, 6) is -0.191. The van der Waals surface area contributed by atoms with E-state index in [1.165, 1.54) is 0 Å². The summed E-state index contributed by atoms with van der Waals surface area (Å²) in [7, 11) is 0. The molecule has 0 aromatic heterocycles. The predicted molar refractivity (Wildman–Crippen MR) is 114 cm³/mol. The van der Waals surface area contributed by atoms with E-state index in [1.54, 1.807) is 17.0 Å². The zero-order valence-corrected chi connectivity index (χ0v) is 17.8. The highest BCUT2D eigenvalue weighted by Gasteiger charge is 2.28. The molecule has 2 aromatic carbocycles. The third-order valence-electron chi connectivity index (χ3n) is 4.52. The Morgan fingerprint density at radius 1 is 1.07 bits per heavy atom. The van der Waals surface area contributed by atoms with E-state index in [-0.39, 0.29) is 24.3 Å². The normalized spacial score (nSPS) is 11.9. The molecule has 0 heterocycles. The Morgan fingerprint density at radius 2 is 1.75 bits per heavy atom. The molecule has 0 aliphatic rings. The SMILES string of the molecule is CC[C@H](C(=O)NC(C)C)N(Cc1cccc(C)c1)C(=O)Cc1ccc(Cl)cc1. The summed E-state index contributed by atoms with van der Waals surface area (Å²) in [6.45, 7) is 8.20. The lowest BCUT2D eigenvalue weighted by Gasteiger charge is -2.31. The number of carbonyl (C=O) groups excluding carboxylic acids is 2. The van der Waals surface area contributed by atoms with Crippen molar-refractivity contribution < 1.29 is 9.59 Å². The van der Waals surface area contributed by atoms with Crippen molar-refractivity contribution in [3.8, 4) is 0 Å². The van der Waals surface area contributed by atoms with Crippen molar-refractivity contribution in [3.63, 3.8) is 0 Å². The molecule has 0 saturated heterocycles. The molecule has 150 valence electrons. The van der Waals surface area contributed by atoms with E-state index in [0.29, 0.717) is 18.0 Å². The predicted octanol–water partition coefficient (Wildman–Crippen LogP) is 4.52. The Bertz CT molecular complexity index is 803. The topological polar surface area (TPSA) is 49.4 Å². The van der Waals surface area contributed by atoms with Gasteiger partial charge in [-0.2, -0.15) is 0 Å². The van der Waals surface area contributed by atoms with Crippen LogP contribution in [0.15, 0.2) is 48.5 Å². The molecular formula is C23H29ClN2O2. The highest BCUT2D eigenvalue weighted by molar-refractivity contribution is 6.30. The van der Waals surface area contributed by atoms with Gasteiger partial charge >= 0.3 is 0 Å². The lowest BCUT2D eigenvalue weighted by atomic mass is 10.1. The molecule has 0 fully saturated rings. The molecule has 0 unspecified atom stereocenters. The van der Waals surface area contributed by atoms with Gasteiger partial charge in [-0.3, -0.25) is 9.59 Å². The quantitative estimate of drug-likeness (QED) is 0.708. The summed E-state index contributed by atoms with van der Waals surface area (Å²) >= 11 is 5.95. The summed E-state index contributed by atoms with van der Waals surface area (Å²) in [6, 6.07) is 14.8. The van der Waals surface area contributed by atoms with Crippen molar-refractivity contribution in [2.24, 2.45) is 0 Å². The van der Waals surface area contributed by atoms with Crippen molar-refractivity contribution in [2.75, 3.05) is 0 Å². The number of benzene rings is 2. The lowest BCUT2D eigenvalue weighted by molar-refractivity contribution is -0.141. The summed E-state index contributed by atoms with van der Waals surface area (Å²) in [5, 5.41) is 3.58. The maximum absolute atomic E-state index is 13.2. The van der Waals surface area contributed by atoms with Gasteiger partial charge in [0.05, 0.1) is 6.42 Å². The van der Waals surface area contributed by atoms with Crippen LogP contribution >= 0.6 is 11.6 Å². The van der Waals surface area contributed by atoms with E-state index in [2.05, 4.69) is 11.4 Å². The van der Waals surface area contributed by atoms with Crippen molar-refractivity contribution in [1.29, 1.82) is 0 Å². The van der Waals surface area contributed by atoms with Crippen molar-refractivity contribution >= 4 is 23.4 Å². The number of aryl methyl sites for hydroxylation is 1. The second-order valence-corrected chi connectivity index (χ2v) is 7.84. The number of carbonyl (C=O) groups is 2. The average molecular weight is 401 g/mol. The Hall–Kier alpha value is -2.33. The first-order chi connectivity index (χ1) is 13.3. The second kappa shape index (κ2) is 10.3. The van der Waals surface area contributed by atoms with Gasteiger partial charge in [0.25, 0.3) is 0 Å². The van der Waals surface area contributed by atoms with Crippen LogP contribution in [0.3, 0.4) is 0 Å². The molecule has 28 heavy (non-hydrogen) atoms. The summed E-state index contributed by atoms with van der Waals surface area (Å²) in [6.07, 6.45) is 0.783. The fraction of sp³-hybridized carbons (Fsp3) is 0.391. The van der Waals surface area contributed by atoms with Gasteiger partial charge in [0.15, 0.2) is 0 Å². The first-order valence-corrected chi connectivity index (χ1v) is 10.1. The fourth-order valence-corrected chi connectivity index (χ4v) is 3.31. The first-order valence-electron chi connectivity index (χ1n) is 9.70. The number of hydrogen-bond acceptors (Lipinski definition) is 2. The van der Waals surface area contributed by atoms with E-state index >= 15 is 0 Å². The number of rotatable bonds is 8. The first kappa shape index (κ1) is 22.0. The molecule has 2 aromatic rings. The molecule has 0 radical (unpaired) electrons. The van der Waals surface area contributed by atoms with Crippen LogP contribution in [0, 0.1) is 6.92 Å². The molecule has 1 atom stereocenters. The van der Waals surface area contributed by atoms with Crippen molar-refractivity contribution in [3.05, 3.63) is 70.2 Å². The monoisotopic (exact) mass is 400 g/mol. The summed E-state index contributed by atoms with van der Waals surface area (Å²) < 4.78 is 0. The fourth-order valence-electron chi connectivity index (χ4n) is 3.19. The van der Waals surface area contributed by atoms with E-state index in [9.17, 15) is 9.59 Å². The minimum absolute atomic E-state index is 0.0220. The molecule has 0 aliphatic carbocycles. The molecule has 2 rings (SSSR count). The minimum Gasteiger partial charge on any atom is -0.352 e. The Kier molecular flexibility index (Phi) is 8.06. The summed E-state index contributed by atoms with van der Waals surface area (Å²) in [5.41, 5.74) is 3.02. The lowest BCUT2D eigenvalue weighted by Crippen LogP contribution is -2.50. The van der Waals surface area contributed by atoms with Gasteiger partial charge < -0.3 is 10.2 Å². The van der Waals surface area contributed by atoms with E-state index in [1.807, 2.05) is 58.0 Å². The third-order valence-corrected chi connectivity index (χ3v) is 4.77. The van der Waals surface area contributed by atoms with Crippen LogP contribution in [0.1, 0.15) is 43.9 Å². The molecule has 2 amide bonds. The average Bonchev–Trinajstić information content (AvgIpc) is 2.63. The van der Waals surface area contributed by atoms with Crippen LogP contribution in [0.4, 0.5) is 0 Å². The van der Waals surface area contributed by atoms with Crippen LogP contribution in [0.25, 0.3) is 0 Å². The number of nitrogens with one attached hydrogen (secondary N) is 1. The maximum Gasteiger partial charge on any atom is 0.243 e. The zero-order chi connectivity index (χ0) is 20.7. The highest BCUT2D eigenvalue weighted by Crippen LogP contribution is 2.17. The summed E-state index contributed by atoms with van der Waals surface area (Å²) in [4.78, 5) is 27.6. The van der Waals surface area contributed by atoms with Crippen LogP contribution < -0.4 is 5.32 Å². The Labute approximate surface area is 172 Å². The molecule has 5 heteroatoms. The van der Waals surface area contributed by atoms with E-state index in [0.717, 1.165) is 16.7 Å². The molecule has 1 N–H and O–H groups in total. The van der Waals surface area contributed by atoms with Crippen LogP contribution in [0.5, 0.6) is 0 Å². The number of nitrogens with zero attached hydrogens (tertiary/aromatic N) is 1. The molecule has 4 nitrogen and oxygen atoms in total. The van der Waals surface area contributed by atoms with Crippen molar-refractivity contribution in [1.82, 2.24) is 10.2 Å². The molecule has 0 spiro atoms.